The Kier molecular flexibility index (Phi) is 2.46. The zero-order valence-corrected chi connectivity index (χ0v) is 12.6. The lowest BCUT2D eigenvalue weighted by molar-refractivity contribution is 0.626. The quantitative estimate of drug-likeness (QED) is 0.566. The number of fused-ring (bicyclic) bond motifs is 2. The highest BCUT2D eigenvalue weighted by atomic mass is 19.1. The minimum absolute atomic E-state index is 0.252. The minimum atomic E-state index is -0.252. The topological polar surface area (TPSA) is 34.6 Å². The molecule has 4 nitrogen and oxygen atoms in total. The van der Waals surface area contributed by atoms with Crippen molar-refractivity contribution >= 4 is 11.3 Å². The maximum atomic E-state index is 13.3. The van der Waals surface area contributed by atoms with Crippen molar-refractivity contribution in [3.05, 3.63) is 71.8 Å². The molecule has 1 aliphatic carbocycles. The van der Waals surface area contributed by atoms with E-state index in [4.69, 9.17) is 4.98 Å². The normalized spacial score (nSPS) is 20.4. The van der Waals surface area contributed by atoms with Crippen LogP contribution in [-0.4, -0.2) is 18.8 Å². The number of aromatic nitrogens is 4. The highest BCUT2D eigenvalue weighted by Gasteiger charge is 2.43. The monoisotopic (exact) mass is 306 g/mol. The summed E-state index contributed by atoms with van der Waals surface area (Å²) >= 11 is 0. The molecule has 23 heavy (non-hydrogen) atoms. The second kappa shape index (κ2) is 4.41. The number of rotatable bonds is 2. The molecule has 114 valence electrons. The van der Waals surface area contributed by atoms with Gasteiger partial charge in [0.15, 0.2) is 0 Å². The fraction of sp³-hybridized carbons (Fsp3) is 0.222. The summed E-state index contributed by atoms with van der Waals surface area (Å²) in [7, 11) is 0. The Bertz CT molecular complexity index is 1050. The Morgan fingerprint density at radius 1 is 1.04 bits per heavy atom. The summed E-state index contributed by atoms with van der Waals surface area (Å²) in [5, 5.41) is 0. The van der Waals surface area contributed by atoms with Crippen LogP contribution < -0.4 is 0 Å². The van der Waals surface area contributed by atoms with Crippen LogP contribution in [0.2, 0.25) is 0 Å². The minimum Gasteiger partial charge on any atom is -0.307 e. The first kappa shape index (κ1) is 12.8. The van der Waals surface area contributed by atoms with Gasteiger partial charge in [0.1, 0.15) is 17.1 Å². The third kappa shape index (κ3) is 1.96. The fourth-order valence-corrected chi connectivity index (χ4v) is 3.36. The average molecular weight is 306 g/mol. The van der Waals surface area contributed by atoms with Gasteiger partial charge >= 0.3 is 0 Å². The summed E-state index contributed by atoms with van der Waals surface area (Å²) in [6.07, 6.45) is 8.91. The van der Waals surface area contributed by atoms with E-state index >= 15 is 0 Å². The van der Waals surface area contributed by atoms with E-state index in [1.807, 2.05) is 22.9 Å². The van der Waals surface area contributed by atoms with Crippen molar-refractivity contribution in [2.24, 2.45) is 0 Å². The molecule has 0 radical (unpaired) electrons. The second-order valence-electron chi connectivity index (χ2n) is 6.31. The van der Waals surface area contributed by atoms with Crippen molar-refractivity contribution in [1.82, 2.24) is 18.8 Å². The van der Waals surface area contributed by atoms with E-state index in [2.05, 4.69) is 28.6 Å². The third-order valence-electron chi connectivity index (χ3n) is 4.69. The van der Waals surface area contributed by atoms with Crippen LogP contribution in [0.15, 0.2) is 49.1 Å². The Balaban J connectivity index is 1.50. The van der Waals surface area contributed by atoms with Gasteiger partial charge in [0.2, 0.25) is 0 Å². The molecule has 0 saturated heterocycles. The highest BCUT2D eigenvalue weighted by Crippen LogP contribution is 2.53. The van der Waals surface area contributed by atoms with Gasteiger partial charge in [-0.25, -0.2) is 14.4 Å². The first-order valence-electron chi connectivity index (χ1n) is 7.77. The Hall–Kier alpha value is -2.69. The molecular weight excluding hydrogens is 291 g/mol. The van der Waals surface area contributed by atoms with Gasteiger partial charge in [-0.1, -0.05) is 6.07 Å². The molecule has 0 N–H and O–H groups in total. The van der Waals surface area contributed by atoms with Gasteiger partial charge in [-0.15, -0.1) is 0 Å². The van der Waals surface area contributed by atoms with E-state index in [1.54, 1.807) is 6.20 Å². The summed E-state index contributed by atoms with van der Waals surface area (Å²) in [4.78, 5) is 9.36. The largest absolute Gasteiger partial charge is 0.307 e. The number of hydrogen-bond acceptors (Lipinski definition) is 2. The molecular formula is C18H15FN4. The molecule has 4 aromatic heterocycles. The van der Waals surface area contributed by atoms with Crippen molar-refractivity contribution in [3.8, 4) is 0 Å². The number of aryl methyl sites for hydroxylation is 1. The maximum Gasteiger partial charge on any atom is 0.139 e. The molecule has 0 spiro atoms. The SMILES string of the molecule is Cc1cccn2cc(C3CC3c3cn4ccc(F)cc4n3)nc12. The van der Waals surface area contributed by atoms with Crippen molar-refractivity contribution in [3.63, 3.8) is 0 Å². The second-order valence-corrected chi connectivity index (χ2v) is 6.31. The predicted molar refractivity (Wildman–Crippen MR) is 85.2 cm³/mol. The van der Waals surface area contributed by atoms with Crippen LogP contribution in [0.25, 0.3) is 11.3 Å². The number of hydrogen-bond donors (Lipinski definition) is 0. The van der Waals surface area contributed by atoms with Gasteiger partial charge in [-0.05, 0) is 31.0 Å². The number of halogens is 1. The molecule has 5 heteroatoms. The number of imidazole rings is 2. The van der Waals surface area contributed by atoms with Crippen LogP contribution in [0.4, 0.5) is 4.39 Å². The van der Waals surface area contributed by atoms with Gasteiger partial charge < -0.3 is 8.80 Å². The third-order valence-corrected chi connectivity index (χ3v) is 4.69. The van der Waals surface area contributed by atoms with Crippen LogP contribution in [0.1, 0.15) is 35.2 Å². The Morgan fingerprint density at radius 3 is 2.65 bits per heavy atom. The smallest absolute Gasteiger partial charge is 0.139 e. The summed E-state index contributed by atoms with van der Waals surface area (Å²) in [5.41, 5.74) is 5.00. The molecule has 1 saturated carbocycles. The summed E-state index contributed by atoms with van der Waals surface area (Å²) in [5.74, 6) is 0.532. The molecule has 0 amide bonds. The first-order chi connectivity index (χ1) is 11.2. The lowest BCUT2D eigenvalue weighted by Crippen LogP contribution is -1.85. The lowest BCUT2D eigenvalue weighted by atomic mass is 10.2. The maximum absolute atomic E-state index is 13.3. The summed E-state index contributed by atoms with van der Waals surface area (Å²) < 4.78 is 17.3. The summed E-state index contributed by atoms with van der Waals surface area (Å²) in [6.45, 7) is 2.08. The van der Waals surface area contributed by atoms with Crippen LogP contribution in [0.3, 0.4) is 0 Å². The van der Waals surface area contributed by atoms with Crippen molar-refractivity contribution in [2.45, 2.75) is 25.2 Å². The number of nitrogens with zero attached hydrogens (tertiary/aromatic N) is 4. The Morgan fingerprint density at radius 2 is 1.83 bits per heavy atom. The predicted octanol–water partition coefficient (Wildman–Crippen LogP) is 3.70. The molecule has 4 heterocycles. The van der Waals surface area contributed by atoms with Crippen LogP contribution in [0, 0.1) is 12.7 Å². The van der Waals surface area contributed by atoms with Gasteiger partial charge in [-0.3, -0.25) is 0 Å². The van der Waals surface area contributed by atoms with Crippen LogP contribution in [0.5, 0.6) is 0 Å². The molecule has 4 aromatic rings. The van der Waals surface area contributed by atoms with Crippen molar-refractivity contribution in [1.29, 1.82) is 0 Å². The van der Waals surface area contributed by atoms with Crippen molar-refractivity contribution in [2.75, 3.05) is 0 Å². The van der Waals surface area contributed by atoms with E-state index in [-0.39, 0.29) is 5.82 Å². The van der Waals surface area contributed by atoms with Gasteiger partial charge in [0, 0.05) is 42.7 Å². The molecule has 1 fully saturated rings. The van der Waals surface area contributed by atoms with Gasteiger partial charge in [0.25, 0.3) is 0 Å². The highest BCUT2D eigenvalue weighted by molar-refractivity contribution is 5.50. The van der Waals surface area contributed by atoms with Crippen LogP contribution >= 0.6 is 0 Å². The molecule has 0 bridgehead atoms. The van der Waals surface area contributed by atoms with Crippen molar-refractivity contribution < 1.29 is 4.39 Å². The molecule has 0 aliphatic heterocycles. The van der Waals surface area contributed by atoms with Crippen LogP contribution in [-0.2, 0) is 0 Å². The average Bonchev–Trinajstić information content (AvgIpc) is 3.02. The standard InChI is InChI=1S/C18H15FN4/c1-11-3-2-5-23-10-16(21-18(11)23)14-8-13(14)15-9-22-6-4-12(19)7-17(22)20-15/h2-7,9-10,13-14H,8H2,1H3. The van der Waals surface area contributed by atoms with E-state index < -0.39 is 0 Å². The Labute approximate surface area is 132 Å². The van der Waals surface area contributed by atoms with E-state index in [1.165, 1.54) is 17.7 Å². The molecule has 1 aliphatic rings. The van der Waals surface area contributed by atoms with Gasteiger partial charge in [0.05, 0.1) is 11.4 Å². The molecule has 0 aromatic carbocycles. The van der Waals surface area contributed by atoms with E-state index in [0.29, 0.717) is 17.5 Å². The zero-order valence-electron chi connectivity index (χ0n) is 12.6. The van der Waals surface area contributed by atoms with Gasteiger partial charge in [-0.2, -0.15) is 0 Å². The summed E-state index contributed by atoms with van der Waals surface area (Å²) in [6, 6.07) is 7.03. The molecule has 2 unspecified atom stereocenters. The lowest BCUT2D eigenvalue weighted by Gasteiger charge is -1.94. The molecule has 2 atom stereocenters. The van der Waals surface area contributed by atoms with E-state index in [9.17, 15) is 4.39 Å². The number of pyridine rings is 2. The zero-order chi connectivity index (χ0) is 15.6. The first-order valence-corrected chi connectivity index (χ1v) is 7.77. The van der Waals surface area contributed by atoms with E-state index in [0.717, 1.165) is 23.5 Å². The molecule has 5 rings (SSSR count). The fourth-order valence-electron chi connectivity index (χ4n) is 3.36.